The Morgan fingerprint density at radius 3 is 2.79 bits per heavy atom. The summed E-state index contributed by atoms with van der Waals surface area (Å²) < 4.78 is 20.9. The molecule has 1 aliphatic heterocycles. The molecule has 1 N–H and O–H groups in total. The third-order valence-electron chi connectivity index (χ3n) is 5.86. The summed E-state index contributed by atoms with van der Waals surface area (Å²) in [7, 11) is 0. The van der Waals surface area contributed by atoms with Crippen LogP contribution >= 0.6 is 15.9 Å². The van der Waals surface area contributed by atoms with Crippen molar-refractivity contribution < 1.29 is 13.9 Å². The summed E-state index contributed by atoms with van der Waals surface area (Å²) in [5.74, 6) is 0.884. The van der Waals surface area contributed by atoms with Gasteiger partial charge in [0.2, 0.25) is 0 Å². The highest BCUT2D eigenvalue weighted by molar-refractivity contribution is 9.10. The van der Waals surface area contributed by atoms with E-state index in [0.717, 1.165) is 47.0 Å². The molecule has 1 aliphatic carbocycles. The highest BCUT2D eigenvalue weighted by Crippen LogP contribution is 2.44. The maximum Gasteiger partial charge on any atom is 0.415 e. The van der Waals surface area contributed by atoms with E-state index in [1.54, 1.807) is 18.2 Å². The molecule has 2 heterocycles. The lowest BCUT2D eigenvalue weighted by molar-refractivity contribution is 0.0208. The van der Waals surface area contributed by atoms with Crippen LogP contribution < -0.4 is 4.90 Å². The summed E-state index contributed by atoms with van der Waals surface area (Å²) in [6.45, 7) is 0.395. The molecule has 1 spiro atoms. The van der Waals surface area contributed by atoms with E-state index in [4.69, 9.17) is 9.72 Å². The number of hydrogen-bond donors (Lipinski definition) is 1. The van der Waals surface area contributed by atoms with Crippen LogP contribution in [0.3, 0.4) is 0 Å². The van der Waals surface area contributed by atoms with E-state index in [9.17, 15) is 9.18 Å². The number of hydrogen-bond acceptors (Lipinski definition) is 3. The van der Waals surface area contributed by atoms with Crippen LogP contribution in [-0.2, 0) is 4.74 Å². The molecule has 1 aromatic heterocycles. The molecule has 0 radical (unpaired) electrons. The Morgan fingerprint density at radius 2 is 2.00 bits per heavy atom. The molecule has 2 aliphatic rings. The maximum absolute atomic E-state index is 14.1. The fourth-order valence-electron chi connectivity index (χ4n) is 4.35. The van der Waals surface area contributed by atoms with E-state index in [-0.39, 0.29) is 5.69 Å². The Bertz CT molecular complexity index is 1060. The normalized spacial score (nSPS) is 24.9. The van der Waals surface area contributed by atoms with Gasteiger partial charge in [0.1, 0.15) is 17.2 Å². The lowest BCUT2D eigenvalue weighted by Gasteiger charge is -2.34. The number of benzene rings is 2. The number of rotatable bonds is 2. The molecule has 2 aromatic carbocycles. The molecule has 3 aromatic rings. The van der Waals surface area contributed by atoms with Gasteiger partial charge in [0.05, 0.1) is 23.3 Å². The lowest BCUT2D eigenvalue weighted by atomic mass is 9.78. The van der Waals surface area contributed by atoms with Crippen LogP contribution in [0.5, 0.6) is 0 Å². The van der Waals surface area contributed by atoms with Crippen LogP contribution in [0.1, 0.15) is 37.4 Å². The molecule has 144 valence electrons. The smallest absolute Gasteiger partial charge is 0.415 e. The van der Waals surface area contributed by atoms with Gasteiger partial charge in [-0.2, -0.15) is 0 Å². The first-order valence-electron chi connectivity index (χ1n) is 9.43. The minimum absolute atomic E-state index is 0.286. The van der Waals surface area contributed by atoms with Gasteiger partial charge in [0, 0.05) is 10.4 Å². The van der Waals surface area contributed by atoms with Crippen molar-refractivity contribution in [2.45, 2.75) is 37.2 Å². The topological polar surface area (TPSA) is 58.2 Å². The maximum atomic E-state index is 14.1. The lowest BCUT2D eigenvalue weighted by Crippen LogP contribution is -2.38. The molecule has 5 nitrogen and oxygen atoms in total. The fourth-order valence-corrected chi connectivity index (χ4v) is 4.70. The van der Waals surface area contributed by atoms with E-state index in [0.29, 0.717) is 12.5 Å². The second kappa shape index (κ2) is 6.58. The molecule has 28 heavy (non-hydrogen) atoms. The van der Waals surface area contributed by atoms with Gasteiger partial charge in [-0.15, -0.1) is 0 Å². The largest absolute Gasteiger partial charge is 0.441 e. The number of H-pyrrole nitrogens is 1. The first-order chi connectivity index (χ1) is 13.5. The Kier molecular flexibility index (Phi) is 4.16. The molecular weight excluding hydrogens is 425 g/mol. The summed E-state index contributed by atoms with van der Waals surface area (Å²) >= 11 is 3.48. The monoisotopic (exact) mass is 443 g/mol. The molecule has 1 amide bonds. The van der Waals surface area contributed by atoms with E-state index in [1.807, 2.05) is 18.2 Å². The zero-order valence-electron chi connectivity index (χ0n) is 15.1. The Balaban J connectivity index is 1.32. The second-order valence-electron chi connectivity index (χ2n) is 7.65. The highest BCUT2D eigenvalue weighted by atomic mass is 79.9. The van der Waals surface area contributed by atoms with Crippen LogP contribution in [0.4, 0.5) is 14.9 Å². The predicted molar refractivity (Wildman–Crippen MR) is 108 cm³/mol. The number of aromatic nitrogens is 2. The number of imidazole rings is 1. The van der Waals surface area contributed by atoms with Crippen LogP contribution in [0, 0.1) is 5.82 Å². The fraction of sp³-hybridized carbons (Fsp3) is 0.333. The third kappa shape index (κ3) is 2.98. The summed E-state index contributed by atoms with van der Waals surface area (Å²) in [6, 6.07) is 12.4. The van der Waals surface area contributed by atoms with Gasteiger partial charge < -0.3 is 9.72 Å². The number of aromatic amines is 1. The summed E-state index contributed by atoms with van der Waals surface area (Å²) in [5.41, 5.74) is 1.72. The van der Waals surface area contributed by atoms with Crippen LogP contribution in [0.2, 0.25) is 0 Å². The second-order valence-corrected chi connectivity index (χ2v) is 8.56. The van der Waals surface area contributed by atoms with Crippen molar-refractivity contribution in [2.24, 2.45) is 0 Å². The van der Waals surface area contributed by atoms with Gasteiger partial charge in [-0.1, -0.05) is 28.1 Å². The number of para-hydroxylation sites is 1. The first-order valence-corrected chi connectivity index (χ1v) is 10.2. The first kappa shape index (κ1) is 17.7. The number of ether oxygens (including phenoxy) is 1. The van der Waals surface area contributed by atoms with Gasteiger partial charge in [0.25, 0.3) is 0 Å². The average Bonchev–Trinajstić information content (AvgIpc) is 3.23. The van der Waals surface area contributed by atoms with Gasteiger partial charge in [-0.25, -0.2) is 14.2 Å². The van der Waals surface area contributed by atoms with E-state index < -0.39 is 17.5 Å². The standard InChI is InChI=1S/C21H19BrFN3O2/c22-14-5-6-16-17(11-14)25-19(24-16)13-7-9-21(10-8-13)12-26(20(27)28-21)18-4-2-1-3-15(18)23/h1-6,11,13H,7-10,12H2,(H,24,25)/t13-,21-. The minimum atomic E-state index is -0.537. The Morgan fingerprint density at radius 1 is 1.21 bits per heavy atom. The Labute approximate surface area is 170 Å². The zero-order chi connectivity index (χ0) is 19.3. The van der Waals surface area contributed by atoms with Crippen LogP contribution in [0.25, 0.3) is 11.0 Å². The van der Waals surface area contributed by atoms with Gasteiger partial charge in [-0.3, -0.25) is 4.90 Å². The number of anilines is 1. The Hall–Kier alpha value is -2.41. The summed E-state index contributed by atoms with van der Waals surface area (Å²) in [6.07, 6.45) is 2.78. The van der Waals surface area contributed by atoms with Gasteiger partial charge in [-0.05, 0) is 56.0 Å². The minimum Gasteiger partial charge on any atom is -0.441 e. The predicted octanol–water partition coefficient (Wildman–Crippen LogP) is 5.52. The van der Waals surface area contributed by atoms with Crippen molar-refractivity contribution in [3.05, 3.63) is 58.6 Å². The molecule has 0 unspecified atom stereocenters. The number of carbonyl (C=O) groups excluding carboxylic acids is 1. The quantitative estimate of drug-likeness (QED) is 0.567. The number of halogens is 2. The average molecular weight is 444 g/mol. The SMILES string of the molecule is O=C1O[C@]2(CC[C@H](c3nc4cc(Br)ccc4[nH]3)CC2)CN1c1ccccc1F. The number of fused-ring (bicyclic) bond motifs is 1. The summed E-state index contributed by atoms with van der Waals surface area (Å²) in [5, 5.41) is 0. The van der Waals surface area contributed by atoms with E-state index in [1.165, 1.54) is 11.0 Å². The van der Waals surface area contributed by atoms with Gasteiger partial charge >= 0.3 is 6.09 Å². The molecule has 1 saturated heterocycles. The van der Waals surface area contributed by atoms with Crippen molar-refractivity contribution >= 4 is 38.7 Å². The molecule has 0 atom stereocenters. The zero-order valence-corrected chi connectivity index (χ0v) is 16.7. The molecule has 2 fully saturated rings. The number of amides is 1. The molecule has 1 saturated carbocycles. The van der Waals surface area contributed by atoms with E-state index in [2.05, 4.69) is 20.9 Å². The van der Waals surface area contributed by atoms with Crippen molar-refractivity contribution in [3.8, 4) is 0 Å². The van der Waals surface area contributed by atoms with E-state index >= 15 is 0 Å². The molecule has 5 rings (SSSR count). The molecular formula is C21H19BrFN3O2. The van der Waals surface area contributed by atoms with Crippen LogP contribution in [0.15, 0.2) is 46.9 Å². The van der Waals surface area contributed by atoms with Crippen molar-refractivity contribution in [1.29, 1.82) is 0 Å². The number of carbonyl (C=O) groups is 1. The molecule has 0 bridgehead atoms. The third-order valence-corrected chi connectivity index (χ3v) is 6.35. The number of nitrogens with one attached hydrogen (secondary N) is 1. The van der Waals surface area contributed by atoms with Crippen molar-refractivity contribution in [1.82, 2.24) is 9.97 Å². The van der Waals surface area contributed by atoms with Gasteiger partial charge in [0.15, 0.2) is 0 Å². The van der Waals surface area contributed by atoms with Crippen LogP contribution in [-0.4, -0.2) is 28.2 Å². The van der Waals surface area contributed by atoms with Crippen molar-refractivity contribution in [3.63, 3.8) is 0 Å². The van der Waals surface area contributed by atoms with Crippen molar-refractivity contribution in [2.75, 3.05) is 11.4 Å². The highest BCUT2D eigenvalue weighted by Gasteiger charge is 2.48. The molecule has 7 heteroatoms. The summed E-state index contributed by atoms with van der Waals surface area (Å²) in [4.78, 5) is 22.0. The number of nitrogens with zero attached hydrogens (tertiary/aromatic N) is 2.